The van der Waals surface area contributed by atoms with E-state index in [1.807, 2.05) is 43.5 Å². The molecule has 0 radical (unpaired) electrons. The number of nitrogens with zero attached hydrogens (tertiary/aromatic N) is 2. The predicted molar refractivity (Wildman–Crippen MR) is 68.5 cm³/mol. The average Bonchev–Trinajstić information content (AvgIpc) is 2.75. The molecule has 2 heterocycles. The van der Waals surface area contributed by atoms with Gasteiger partial charge in [-0.3, -0.25) is 10.1 Å². The molecule has 3 rings (SSSR count). The van der Waals surface area contributed by atoms with Crippen molar-refractivity contribution in [2.24, 2.45) is 0 Å². The first kappa shape index (κ1) is 9.84. The highest BCUT2D eigenvalue weighted by atomic mass is 15.2. The third kappa shape index (κ3) is 1.45. The van der Waals surface area contributed by atoms with Crippen molar-refractivity contribution >= 4 is 16.7 Å². The lowest BCUT2D eigenvalue weighted by Gasteiger charge is -2.04. The van der Waals surface area contributed by atoms with Crippen LogP contribution in [0.2, 0.25) is 0 Å². The first-order valence-electron chi connectivity index (χ1n) is 5.42. The zero-order chi connectivity index (χ0) is 11.8. The van der Waals surface area contributed by atoms with Crippen LogP contribution >= 0.6 is 0 Å². The molecule has 3 N–H and O–H groups in total. The molecule has 0 aliphatic heterocycles. The van der Waals surface area contributed by atoms with Gasteiger partial charge < -0.3 is 5.73 Å². The fourth-order valence-corrected chi connectivity index (χ4v) is 1.99. The number of H-pyrrole nitrogens is 1. The number of nitrogens with two attached hydrogens (primary N) is 1. The number of hydrogen-bond donors (Lipinski definition) is 2. The van der Waals surface area contributed by atoms with Crippen LogP contribution in [0.1, 0.15) is 5.56 Å². The van der Waals surface area contributed by atoms with Gasteiger partial charge in [-0.2, -0.15) is 5.10 Å². The first-order valence-corrected chi connectivity index (χ1v) is 5.42. The zero-order valence-electron chi connectivity index (χ0n) is 9.44. The summed E-state index contributed by atoms with van der Waals surface area (Å²) < 4.78 is 0. The van der Waals surface area contributed by atoms with Crippen molar-refractivity contribution in [1.82, 2.24) is 15.2 Å². The van der Waals surface area contributed by atoms with Crippen molar-refractivity contribution in [1.29, 1.82) is 0 Å². The van der Waals surface area contributed by atoms with Gasteiger partial charge in [0.2, 0.25) is 0 Å². The molecule has 1 aromatic carbocycles. The summed E-state index contributed by atoms with van der Waals surface area (Å²) in [4.78, 5) is 4.47. The maximum Gasteiger partial charge on any atom is 0.155 e. The number of nitrogen functional groups attached to an aromatic ring is 1. The van der Waals surface area contributed by atoms with Crippen LogP contribution in [0.15, 0.2) is 36.5 Å². The molecule has 84 valence electrons. The third-order valence-corrected chi connectivity index (χ3v) is 2.86. The van der Waals surface area contributed by atoms with Crippen molar-refractivity contribution in [3.05, 3.63) is 42.1 Å². The Hall–Kier alpha value is -2.36. The molecular formula is C13H12N4. The predicted octanol–water partition coefficient (Wildman–Crippen LogP) is 2.52. The van der Waals surface area contributed by atoms with Crippen LogP contribution in [-0.4, -0.2) is 15.2 Å². The summed E-state index contributed by atoms with van der Waals surface area (Å²) in [6.07, 6.45) is 1.84. The molecule has 0 saturated carbocycles. The summed E-state index contributed by atoms with van der Waals surface area (Å²) in [5, 5.41) is 7.91. The van der Waals surface area contributed by atoms with E-state index in [2.05, 4.69) is 15.2 Å². The van der Waals surface area contributed by atoms with Crippen LogP contribution in [-0.2, 0) is 0 Å². The molecular weight excluding hydrogens is 212 g/mol. The Kier molecular flexibility index (Phi) is 2.08. The van der Waals surface area contributed by atoms with Crippen molar-refractivity contribution in [3.63, 3.8) is 0 Å². The first-order chi connectivity index (χ1) is 8.27. The Balaban J connectivity index is 2.38. The van der Waals surface area contributed by atoms with Crippen LogP contribution in [0.5, 0.6) is 0 Å². The largest absolute Gasteiger partial charge is 0.382 e. The van der Waals surface area contributed by atoms with Gasteiger partial charge in [0.1, 0.15) is 0 Å². The second-order valence-electron chi connectivity index (χ2n) is 4.01. The van der Waals surface area contributed by atoms with Gasteiger partial charge in [-0.25, -0.2) is 0 Å². The van der Waals surface area contributed by atoms with Crippen LogP contribution in [0.25, 0.3) is 22.2 Å². The third-order valence-electron chi connectivity index (χ3n) is 2.86. The van der Waals surface area contributed by atoms with Crippen molar-refractivity contribution in [3.8, 4) is 11.3 Å². The molecule has 2 aromatic heterocycles. The minimum absolute atomic E-state index is 0.495. The second-order valence-corrected chi connectivity index (χ2v) is 4.01. The summed E-state index contributed by atoms with van der Waals surface area (Å²) in [7, 11) is 0. The monoisotopic (exact) mass is 224 g/mol. The number of nitrogens with one attached hydrogen (secondary N) is 1. The number of benzene rings is 1. The van der Waals surface area contributed by atoms with Gasteiger partial charge in [0.15, 0.2) is 5.82 Å². The van der Waals surface area contributed by atoms with Crippen LogP contribution in [0, 0.1) is 6.92 Å². The van der Waals surface area contributed by atoms with Gasteiger partial charge in [-0.05, 0) is 12.5 Å². The topological polar surface area (TPSA) is 67.6 Å². The fraction of sp³-hybridized carbons (Fsp3) is 0.0769. The molecule has 0 spiro atoms. The van der Waals surface area contributed by atoms with Crippen LogP contribution < -0.4 is 5.73 Å². The van der Waals surface area contributed by atoms with E-state index in [0.717, 1.165) is 27.7 Å². The number of pyridine rings is 1. The van der Waals surface area contributed by atoms with Gasteiger partial charge in [0.25, 0.3) is 0 Å². The highest BCUT2D eigenvalue weighted by Crippen LogP contribution is 2.30. The molecule has 0 saturated heterocycles. The lowest BCUT2D eigenvalue weighted by molar-refractivity contribution is 1.12. The number of aromatic amines is 1. The van der Waals surface area contributed by atoms with E-state index >= 15 is 0 Å². The normalized spacial score (nSPS) is 10.9. The average molecular weight is 224 g/mol. The maximum atomic E-state index is 5.90. The second kappa shape index (κ2) is 3.59. The van der Waals surface area contributed by atoms with Gasteiger partial charge >= 0.3 is 0 Å². The highest BCUT2D eigenvalue weighted by molar-refractivity contribution is 6.00. The summed E-state index contributed by atoms with van der Waals surface area (Å²) >= 11 is 0. The van der Waals surface area contributed by atoms with Gasteiger partial charge in [0.05, 0.1) is 16.6 Å². The molecule has 0 bridgehead atoms. The van der Waals surface area contributed by atoms with E-state index in [1.165, 1.54) is 0 Å². The Labute approximate surface area is 98.5 Å². The highest BCUT2D eigenvalue weighted by Gasteiger charge is 2.12. The Morgan fingerprint density at radius 2 is 1.94 bits per heavy atom. The summed E-state index contributed by atoms with van der Waals surface area (Å²) in [6, 6.07) is 9.98. The van der Waals surface area contributed by atoms with E-state index in [-0.39, 0.29) is 0 Å². The Morgan fingerprint density at radius 1 is 1.18 bits per heavy atom. The summed E-state index contributed by atoms with van der Waals surface area (Å²) in [6.45, 7) is 1.99. The molecule has 17 heavy (non-hydrogen) atoms. The molecule has 0 unspecified atom stereocenters. The molecule has 0 aliphatic rings. The van der Waals surface area contributed by atoms with E-state index in [4.69, 9.17) is 5.73 Å². The van der Waals surface area contributed by atoms with Crippen LogP contribution in [0.3, 0.4) is 0 Å². The van der Waals surface area contributed by atoms with Gasteiger partial charge in [-0.15, -0.1) is 0 Å². The van der Waals surface area contributed by atoms with Crippen LogP contribution in [0.4, 0.5) is 5.82 Å². The summed E-state index contributed by atoms with van der Waals surface area (Å²) in [5.74, 6) is 0.495. The SMILES string of the molecule is Cc1cnc(-c2ccccc2)c2c(N)n[nH]c12. The zero-order valence-corrected chi connectivity index (χ0v) is 9.44. The quantitative estimate of drug-likeness (QED) is 0.667. The number of fused-ring (bicyclic) bond motifs is 1. The lowest BCUT2D eigenvalue weighted by Crippen LogP contribution is -1.90. The van der Waals surface area contributed by atoms with Crippen molar-refractivity contribution in [2.75, 3.05) is 5.73 Å². The van der Waals surface area contributed by atoms with E-state index in [0.29, 0.717) is 5.82 Å². The number of aryl methyl sites for hydroxylation is 1. The smallest absolute Gasteiger partial charge is 0.155 e. The molecule has 0 fully saturated rings. The Morgan fingerprint density at radius 3 is 2.71 bits per heavy atom. The lowest BCUT2D eigenvalue weighted by atomic mass is 10.1. The molecule has 0 atom stereocenters. The molecule has 4 heteroatoms. The minimum Gasteiger partial charge on any atom is -0.382 e. The number of hydrogen-bond acceptors (Lipinski definition) is 3. The molecule has 0 aliphatic carbocycles. The summed E-state index contributed by atoms with van der Waals surface area (Å²) in [5.41, 5.74) is 9.82. The van der Waals surface area contributed by atoms with E-state index in [1.54, 1.807) is 0 Å². The Bertz CT molecular complexity index is 670. The number of rotatable bonds is 1. The minimum atomic E-state index is 0.495. The van der Waals surface area contributed by atoms with Gasteiger partial charge in [-0.1, -0.05) is 30.3 Å². The molecule has 0 amide bonds. The maximum absolute atomic E-state index is 5.90. The van der Waals surface area contributed by atoms with Crippen molar-refractivity contribution < 1.29 is 0 Å². The number of aromatic nitrogens is 3. The number of anilines is 1. The van der Waals surface area contributed by atoms with E-state index in [9.17, 15) is 0 Å². The van der Waals surface area contributed by atoms with E-state index < -0.39 is 0 Å². The van der Waals surface area contributed by atoms with Crippen molar-refractivity contribution in [2.45, 2.75) is 6.92 Å². The fourth-order valence-electron chi connectivity index (χ4n) is 1.99. The van der Waals surface area contributed by atoms with Gasteiger partial charge in [0, 0.05) is 11.8 Å². The standard InChI is InChI=1S/C13H12N4/c1-8-7-15-12(9-5-3-2-4-6-9)10-11(8)16-17-13(10)14/h2-7H,1H3,(H3,14,16,17). The molecule has 4 nitrogen and oxygen atoms in total. The molecule has 3 aromatic rings.